The van der Waals surface area contributed by atoms with Gasteiger partial charge in [0.05, 0.1) is 17.6 Å². The highest BCUT2D eigenvalue weighted by Crippen LogP contribution is 2.39. The van der Waals surface area contributed by atoms with Gasteiger partial charge in [0, 0.05) is 5.57 Å². The van der Waals surface area contributed by atoms with Crippen molar-refractivity contribution in [3.63, 3.8) is 0 Å². The summed E-state index contributed by atoms with van der Waals surface area (Å²) in [4.78, 5) is 12.4. The molecule has 1 aromatic carbocycles. The fourth-order valence-electron chi connectivity index (χ4n) is 1.95. The lowest BCUT2D eigenvalue weighted by molar-refractivity contribution is 0.0600. The van der Waals surface area contributed by atoms with Gasteiger partial charge in [0.2, 0.25) is 0 Å². The topological polar surface area (TPSA) is 35.5 Å². The maximum atomic E-state index is 11.5. The van der Waals surface area contributed by atoms with E-state index < -0.39 is 0 Å². The molecule has 1 aromatic rings. The fourth-order valence-corrected chi connectivity index (χ4v) is 2.85. The Morgan fingerprint density at radius 3 is 3.16 bits per heavy atom. The predicted molar refractivity (Wildman–Crippen MR) is 74.2 cm³/mol. The molecular weight excluding hydrogens is 260 g/mol. The van der Waals surface area contributed by atoms with Gasteiger partial charge in [-0.05, 0) is 36.1 Å². The largest absolute Gasteiger partial charge is 0.465 e. The number of fused-ring (bicyclic) bond motifs is 2. The van der Waals surface area contributed by atoms with Crippen LogP contribution in [0.4, 0.5) is 0 Å². The zero-order chi connectivity index (χ0) is 13.2. The summed E-state index contributed by atoms with van der Waals surface area (Å²) >= 11 is 1.57. The molecule has 3 nitrogen and oxygen atoms in total. The first-order chi connectivity index (χ1) is 9.28. The molecule has 0 saturated carbocycles. The lowest BCUT2D eigenvalue weighted by Gasteiger charge is -2.13. The first kappa shape index (κ1) is 12.1. The van der Waals surface area contributed by atoms with Crippen molar-refractivity contribution in [3.8, 4) is 5.75 Å². The molecule has 0 radical (unpaired) electrons. The number of thioether (sulfide) groups is 1. The number of rotatable bonds is 1. The highest BCUT2D eigenvalue weighted by molar-refractivity contribution is 8.02. The second kappa shape index (κ2) is 4.97. The van der Waals surface area contributed by atoms with Gasteiger partial charge in [-0.15, -0.1) is 0 Å². The number of carbonyl (C=O) groups excluding carboxylic acids is 1. The third kappa shape index (κ3) is 2.31. The summed E-state index contributed by atoms with van der Waals surface area (Å²) < 4.78 is 10.6. The molecule has 0 saturated heterocycles. The van der Waals surface area contributed by atoms with Gasteiger partial charge in [-0.1, -0.05) is 23.9 Å². The van der Waals surface area contributed by atoms with E-state index in [0.717, 1.165) is 28.4 Å². The molecule has 1 aliphatic heterocycles. The molecule has 0 aromatic heterocycles. The quantitative estimate of drug-likeness (QED) is 0.730. The van der Waals surface area contributed by atoms with Crippen LogP contribution in [0.2, 0.25) is 0 Å². The molecule has 1 aliphatic carbocycles. The molecule has 0 bridgehead atoms. The highest BCUT2D eigenvalue weighted by Gasteiger charge is 2.18. The van der Waals surface area contributed by atoms with Gasteiger partial charge in [0.15, 0.2) is 0 Å². The van der Waals surface area contributed by atoms with Gasteiger partial charge < -0.3 is 9.47 Å². The zero-order valence-corrected chi connectivity index (χ0v) is 11.2. The van der Waals surface area contributed by atoms with E-state index in [1.165, 1.54) is 7.11 Å². The summed E-state index contributed by atoms with van der Waals surface area (Å²) in [7, 11) is 1.38. The van der Waals surface area contributed by atoms with Gasteiger partial charge in [-0.25, -0.2) is 4.79 Å². The van der Waals surface area contributed by atoms with Crippen molar-refractivity contribution in [3.05, 3.63) is 58.7 Å². The van der Waals surface area contributed by atoms with E-state index in [2.05, 4.69) is 11.5 Å². The Morgan fingerprint density at radius 2 is 2.32 bits per heavy atom. The second-order valence-corrected chi connectivity index (χ2v) is 5.09. The maximum Gasteiger partial charge on any atom is 0.337 e. The number of methoxy groups -OCH3 is 1. The molecule has 0 fully saturated rings. The van der Waals surface area contributed by atoms with Crippen molar-refractivity contribution in [1.29, 1.82) is 0 Å². The summed E-state index contributed by atoms with van der Waals surface area (Å²) in [6.07, 6.45) is 6.91. The molecule has 0 unspecified atom stereocenters. The molecule has 1 heterocycles. The smallest absolute Gasteiger partial charge is 0.337 e. The van der Waals surface area contributed by atoms with Crippen LogP contribution in [-0.4, -0.2) is 13.1 Å². The summed E-state index contributed by atoms with van der Waals surface area (Å²) in [5.74, 6) is 1.31. The number of hydrogen-bond acceptors (Lipinski definition) is 4. The van der Waals surface area contributed by atoms with Crippen molar-refractivity contribution < 1.29 is 14.3 Å². The lowest BCUT2D eigenvalue weighted by Crippen LogP contribution is -2.03. The number of hydrogen-bond donors (Lipinski definition) is 0. The Morgan fingerprint density at radius 1 is 1.42 bits per heavy atom. The van der Waals surface area contributed by atoms with Crippen LogP contribution in [-0.2, 0) is 4.74 Å². The van der Waals surface area contributed by atoms with Gasteiger partial charge in [0.25, 0.3) is 0 Å². The fraction of sp³-hybridized carbons (Fsp3) is 0.133. The average molecular weight is 272 g/mol. The normalized spacial score (nSPS) is 16.3. The Labute approximate surface area is 115 Å². The molecule has 0 atom stereocenters. The zero-order valence-electron chi connectivity index (χ0n) is 10.4. The predicted octanol–water partition coefficient (Wildman–Crippen LogP) is 3.69. The third-order valence-corrected chi connectivity index (χ3v) is 3.93. The van der Waals surface area contributed by atoms with Crippen LogP contribution in [0.5, 0.6) is 5.75 Å². The molecule has 2 aliphatic rings. The van der Waals surface area contributed by atoms with E-state index in [4.69, 9.17) is 9.47 Å². The van der Waals surface area contributed by atoms with E-state index in [9.17, 15) is 4.79 Å². The van der Waals surface area contributed by atoms with Crippen molar-refractivity contribution in [1.82, 2.24) is 0 Å². The van der Waals surface area contributed by atoms with Gasteiger partial charge in [0.1, 0.15) is 11.5 Å². The minimum absolute atomic E-state index is 0.335. The van der Waals surface area contributed by atoms with E-state index >= 15 is 0 Å². The van der Waals surface area contributed by atoms with Gasteiger partial charge >= 0.3 is 5.97 Å². The number of ether oxygens (including phenoxy) is 2. The standard InChI is InChI=1S/C15H12O3S/c1-17-15(16)10-6-7-13-14(8-10)19-9-11-4-2-3-5-12(11)18-13/h2-3,5-9H,4H2,1H3. The van der Waals surface area contributed by atoms with Crippen LogP contribution in [0.1, 0.15) is 16.8 Å². The highest BCUT2D eigenvalue weighted by atomic mass is 32.2. The first-order valence-electron chi connectivity index (χ1n) is 5.91. The molecule has 3 rings (SSSR count). The average Bonchev–Trinajstić information content (AvgIpc) is 2.64. The minimum Gasteiger partial charge on any atom is -0.465 e. The van der Waals surface area contributed by atoms with Gasteiger partial charge in [-0.3, -0.25) is 0 Å². The number of esters is 1. The summed E-state index contributed by atoms with van der Waals surface area (Å²) in [6, 6.07) is 5.33. The first-order valence-corrected chi connectivity index (χ1v) is 6.79. The summed E-state index contributed by atoms with van der Waals surface area (Å²) in [6.45, 7) is 0. The van der Waals surface area contributed by atoms with Crippen molar-refractivity contribution in [2.75, 3.05) is 7.11 Å². The van der Waals surface area contributed by atoms with Crippen LogP contribution in [0, 0.1) is 0 Å². The van der Waals surface area contributed by atoms with Crippen LogP contribution >= 0.6 is 11.8 Å². The van der Waals surface area contributed by atoms with Crippen LogP contribution in [0.3, 0.4) is 0 Å². The Kier molecular flexibility index (Phi) is 3.17. The Hall–Kier alpha value is -1.94. The number of allylic oxidation sites excluding steroid dienone is 4. The monoisotopic (exact) mass is 272 g/mol. The lowest BCUT2D eigenvalue weighted by atomic mass is 10.1. The molecule has 96 valence electrons. The van der Waals surface area contributed by atoms with Crippen LogP contribution < -0.4 is 4.74 Å². The molecule has 19 heavy (non-hydrogen) atoms. The molecular formula is C15H12O3S. The molecule has 4 heteroatoms. The SMILES string of the molecule is COC(=O)c1ccc2c(c1)SC=C1CC=CC=C1O2. The van der Waals surface area contributed by atoms with Crippen molar-refractivity contribution in [2.24, 2.45) is 0 Å². The molecule has 0 N–H and O–H groups in total. The van der Waals surface area contributed by atoms with Crippen LogP contribution in [0.25, 0.3) is 0 Å². The molecule has 0 spiro atoms. The number of carbonyl (C=O) groups is 1. The molecule has 0 amide bonds. The van der Waals surface area contributed by atoms with E-state index in [1.54, 1.807) is 23.9 Å². The van der Waals surface area contributed by atoms with Crippen molar-refractivity contribution >= 4 is 17.7 Å². The van der Waals surface area contributed by atoms with Crippen LogP contribution in [0.15, 0.2) is 58.1 Å². The summed E-state index contributed by atoms with van der Waals surface area (Å²) in [5.41, 5.74) is 1.69. The number of benzene rings is 1. The summed E-state index contributed by atoms with van der Waals surface area (Å²) in [5, 5.41) is 2.07. The Bertz CT molecular complexity index is 626. The minimum atomic E-state index is -0.335. The van der Waals surface area contributed by atoms with E-state index in [-0.39, 0.29) is 5.97 Å². The third-order valence-electron chi connectivity index (χ3n) is 2.95. The van der Waals surface area contributed by atoms with Crippen molar-refractivity contribution in [2.45, 2.75) is 11.3 Å². The van der Waals surface area contributed by atoms with E-state index in [1.807, 2.05) is 18.2 Å². The van der Waals surface area contributed by atoms with E-state index in [0.29, 0.717) is 5.56 Å². The van der Waals surface area contributed by atoms with Gasteiger partial charge in [-0.2, -0.15) is 0 Å². The second-order valence-electron chi connectivity index (χ2n) is 4.18. The Balaban J connectivity index is 1.99. The maximum absolute atomic E-state index is 11.5.